The van der Waals surface area contributed by atoms with Crippen molar-refractivity contribution in [1.29, 1.82) is 0 Å². The summed E-state index contributed by atoms with van der Waals surface area (Å²) in [6, 6.07) is 8.42. The van der Waals surface area contributed by atoms with Crippen LogP contribution >= 0.6 is 11.9 Å². The van der Waals surface area contributed by atoms with Gasteiger partial charge in [-0.15, -0.1) is 0 Å². The van der Waals surface area contributed by atoms with Gasteiger partial charge >= 0.3 is 0 Å². The monoisotopic (exact) mass is 182 g/mol. The zero-order valence-corrected chi connectivity index (χ0v) is 7.81. The average molecular weight is 182 g/mol. The molecule has 1 rings (SSSR count). The molecule has 0 atom stereocenters. The van der Waals surface area contributed by atoms with E-state index in [1.165, 1.54) is 23.1 Å². The second-order valence-corrected chi connectivity index (χ2v) is 3.29. The third kappa shape index (κ3) is 2.85. The van der Waals surface area contributed by atoms with E-state index in [9.17, 15) is 0 Å². The first-order chi connectivity index (χ1) is 5.86. The zero-order chi connectivity index (χ0) is 8.81. The lowest BCUT2D eigenvalue weighted by molar-refractivity contribution is 0.968. The Labute approximate surface area is 77.5 Å². The molecule has 12 heavy (non-hydrogen) atoms. The fourth-order valence-electron chi connectivity index (χ4n) is 1.07. The number of benzene rings is 1. The molecule has 3 heteroatoms. The molecular weight excluding hydrogens is 168 g/mol. The molecule has 0 heterocycles. The maximum absolute atomic E-state index is 5.43. The van der Waals surface area contributed by atoms with Crippen LogP contribution in [0.2, 0.25) is 0 Å². The molecular formula is C9H14N2S. The molecule has 0 bridgehead atoms. The molecule has 0 aliphatic rings. The SMILES string of the molecule is NCCc1ccc(CSN)cc1. The first-order valence-corrected chi connectivity index (χ1v) is 5.01. The highest BCUT2D eigenvalue weighted by Crippen LogP contribution is 2.08. The van der Waals surface area contributed by atoms with E-state index in [-0.39, 0.29) is 0 Å². The van der Waals surface area contributed by atoms with Crippen molar-refractivity contribution < 1.29 is 0 Å². The van der Waals surface area contributed by atoms with Crippen LogP contribution in [0.3, 0.4) is 0 Å². The molecule has 0 aliphatic heterocycles. The van der Waals surface area contributed by atoms with E-state index in [0.29, 0.717) is 6.54 Å². The van der Waals surface area contributed by atoms with Crippen LogP contribution in [-0.2, 0) is 12.2 Å². The summed E-state index contributed by atoms with van der Waals surface area (Å²) in [4.78, 5) is 0. The summed E-state index contributed by atoms with van der Waals surface area (Å²) in [6.07, 6.45) is 0.954. The topological polar surface area (TPSA) is 52.0 Å². The van der Waals surface area contributed by atoms with E-state index in [0.717, 1.165) is 12.2 Å². The van der Waals surface area contributed by atoms with Crippen LogP contribution in [0.4, 0.5) is 0 Å². The molecule has 4 N–H and O–H groups in total. The van der Waals surface area contributed by atoms with Gasteiger partial charge < -0.3 is 5.73 Å². The Balaban J connectivity index is 2.58. The lowest BCUT2D eigenvalue weighted by atomic mass is 10.1. The highest BCUT2D eigenvalue weighted by molar-refractivity contribution is 7.96. The van der Waals surface area contributed by atoms with Crippen molar-refractivity contribution in [2.75, 3.05) is 6.54 Å². The summed E-state index contributed by atoms with van der Waals surface area (Å²) in [6.45, 7) is 0.713. The van der Waals surface area contributed by atoms with E-state index < -0.39 is 0 Å². The van der Waals surface area contributed by atoms with Crippen molar-refractivity contribution in [3.05, 3.63) is 35.4 Å². The Kier molecular flexibility index (Phi) is 4.14. The van der Waals surface area contributed by atoms with Gasteiger partial charge in [-0.3, -0.25) is 5.14 Å². The third-order valence-electron chi connectivity index (χ3n) is 1.71. The number of hydrogen-bond acceptors (Lipinski definition) is 3. The summed E-state index contributed by atoms with van der Waals surface area (Å²) in [5.41, 5.74) is 7.99. The Bertz CT molecular complexity index is 195. The van der Waals surface area contributed by atoms with Crippen molar-refractivity contribution in [3.63, 3.8) is 0 Å². The Morgan fingerprint density at radius 2 is 1.67 bits per heavy atom. The van der Waals surface area contributed by atoms with Gasteiger partial charge in [-0.2, -0.15) is 0 Å². The second-order valence-electron chi connectivity index (χ2n) is 2.67. The Morgan fingerprint density at radius 3 is 2.17 bits per heavy atom. The summed E-state index contributed by atoms with van der Waals surface area (Å²) in [5, 5.41) is 5.35. The van der Waals surface area contributed by atoms with E-state index in [2.05, 4.69) is 24.3 Å². The summed E-state index contributed by atoms with van der Waals surface area (Å²) >= 11 is 1.35. The van der Waals surface area contributed by atoms with Crippen LogP contribution in [0, 0.1) is 0 Å². The molecule has 1 aromatic rings. The van der Waals surface area contributed by atoms with Gasteiger partial charge in [0.2, 0.25) is 0 Å². The maximum atomic E-state index is 5.43. The fourth-order valence-corrected chi connectivity index (χ4v) is 1.45. The smallest absolute Gasteiger partial charge is 0.0328 e. The van der Waals surface area contributed by atoms with E-state index in [4.69, 9.17) is 10.9 Å². The normalized spacial score (nSPS) is 10.2. The van der Waals surface area contributed by atoms with Crippen LogP contribution in [0.15, 0.2) is 24.3 Å². The minimum atomic E-state index is 0.713. The van der Waals surface area contributed by atoms with E-state index >= 15 is 0 Å². The molecule has 0 fully saturated rings. The first-order valence-electron chi connectivity index (χ1n) is 3.96. The van der Waals surface area contributed by atoms with Crippen LogP contribution in [0.5, 0.6) is 0 Å². The quantitative estimate of drug-likeness (QED) is 0.690. The third-order valence-corrected chi connectivity index (χ3v) is 2.21. The van der Waals surface area contributed by atoms with Crippen molar-refractivity contribution in [1.82, 2.24) is 0 Å². The molecule has 0 unspecified atom stereocenters. The van der Waals surface area contributed by atoms with Gasteiger partial charge in [0.15, 0.2) is 0 Å². The van der Waals surface area contributed by atoms with Crippen LogP contribution in [0.1, 0.15) is 11.1 Å². The van der Waals surface area contributed by atoms with Crippen LogP contribution < -0.4 is 10.9 Å². The minimum absolute atomic E-state index is 0.713. The summed E-state index contributed by atoms with van der Waals surface area (Å²) in [5.74, 6) is 0.878. The molecule has 2 nitrogen and oxygen atoms in total. The van der Waals surface area contributed by atoms with Gasteiger partial charge in [-0.25, -0.2) is 0 Å². The van der Waals surface area contributed by atoms with Gasteiger partial charge in [-0.05, 0) is 24.1 Å². The molecule has 1 aromatic carbocycles. The largest absolute Gasteiger partial charge is 0.330 e. The standard InChI is InChI=1S/C9H14N2S/c10-6-5-8-1-3-9(4-2-8)7-12-11/h1-4H,5-7,10-11H2. The molecule has 0 amide bonds. The van der Waals surface area contributed by atoms with Gasteiger partial charge in [0.05, 0.1) is 0 Å². The number of nitrogens with two attached hydrogens (primary N) is 2. The van der Waals surface area contributed by atoms with E-state index in [1.54, 1.807) is 0 Å². The molecule has 0 saturated heterocycles. The fraction of sp³-hybridized carbons (Fsp3) is 0.333. The predicted octanol–water partition coefficient (Wildman–Crippen LogP) is 1.29. The van der Waals surface area contributed by atoms with Crippen LogP contribution in [-0.4, -0.2) is 6.54 Å². The average Bonchev–Trinajstić information content (AvgIpc) is 2.09. The number of hydrogen-bond donors (Lipinski definition) is 2. The lowest BCUT2D eigenvalue weighted by Crippen LogP contribution is -2.02. The molecule has 0 saturated carbocycles. The lowest BCUT2D eigenvalue weighted by Gasteiger charge is -2.00. The van der Waals surface area contributed by atoms with Gasteiger partial charge in [-0.1, -0.05) is 36.2 Å². The first kappa shape index (κ1) is 9.58. The molecule has 66 valence electrons. The van der Waals surface area contributed by atoms with E-state index in [1.807, 2.05) is 0 Å². The Hall–Kier alpha value is -0.510. The number of rotatable bonds is 4. The summed E-state index contributed by atoms with van der Waals surface area (Å²) < 4.78 is 0. The van der Waals surface area contributed by atoms with Gasteiger partial charge in [0.1, 0.15) is 0 Å². The molecule has 0 spiro atoms. The Morgan fingerprint density at radius 1 is 1.08 bits per heavy atom. The van der Waals surface area contributed by atoms with Crippen molar-refractivity contribution in [2.24, 2.45) is 10.9 Å². The molecule has 0 radical (unpaired) electrons. The maximum Gasteiger partial charge on any atom is 0.0328 e. The summed E-state index contributed by atoms with van der Waals surface area (Å²) in [7, 11) is 0. The second kappa shape index (κ2) is 5.19. The van der Waals surface area contributed by atoms with Crippen molar-refractivity contribution >= 4 is 11.9 Å². The molecule has 0 aromatic heterocycles. The van der Waals surface area contributed by atoms with Gasteiger partial charge in [0, 0.05) is 5.75 Å². The van der Waals surface area contributed by atoms with Crippen molar-refractivity contribution in [2.45, 2.75) is 12.2 Å². The van der Waals surface area contributed by atoms with Gasteiger partial charge in [0.25, 0.3) is 0 Å². The highest BCUT2D eigenvalue weighted by atomic mass is 32.2. The zero-order valence-electron chi connectivity index (χ0n) is 6.99. The minimum Gasteiger partial charge on any atom is -0.330 e. The van der Waals surface area contributed by atoms with Crippen molar-refractivity contribution in [3.8, 4) is 0 Å². The molecule has 0 aliphatic carbocycles. The van der Waals surface area contributed by atoms with Crippen LogP contribution in [0.25, 0.3) is 0 Å². The predicted molar refractivity (Wildman–Crippen MR) is 54.7 cm³/mol. The highest BCUT2D eigenvalue weighted by Gasteiger charge is 1.92.